The molecule has 1 fully saturated rings. The highest BCUT2D eigenvalue weighted by atomic mass is 32.2. The van der Waals surface area contributed by atoms with Gasteiger partial charge in [0.05, 0.1) is 18.2 Å². The summed E-state index contributed by atoms with van der Waals surface area (Å²) in [6, 6.07) is 2.45. The van der Waals surface area contributed by atoms with Crippen LogP contribution in [0.25, 0.3) is 0 Å². The van der Waals surface area contributed by atoms with Crippen molar-refractivity contribution in [3.63, 3.8) is 0 Å². The molecule has 4 atom stereocenters. The molecule has 0 bridgehead atoms. The molecule has 0 unspecified atom stereocenters. The Morgan fingerprint density at radius 2 is 2.15 bits per heavy atom. The molecule has 4 rings (SSSR count). The molecule has 3 aromatic heterocycles. The molecule has 3 heterocycles. The molecule has 0 spiro atoms. The molecule has 14 nitrogen and oxygen atoms in total. The van der Waals surface area contributed by atoms with Crippen LogP contribution < -0.4 is 10.0 Å². The van der Waals surface area contributed by atoms with Gasteiger partial charge in [-0.2, -0.15) is 18.2 Å². The molecule has 15 heteroatoms. The molecule has 4 N–H and O–H groups in total. The number of nitrogens with zero attached hydrogens (tertiary/aromatic N) is 5. The summed E-state index contributed by atoms with van der Waals surface area (Å²) in [5, 5.41) is 31.7. The van der Waals surface area contributed by atoms with Crippen LogP contribution in [0, 0.1) is 6.92 Å². The lowest BCUT2D eigenvalue weighted by atomic mass is 10.1. The smallest absolute Gasteiger partial charge is 0.335 e. The van der Waals surface area contributed by atoms with Crippen molar-refractivity contribution in [1.29, 1.82) is 0 Å². The monoisotopic (exact) mass is 493 g/mol. The summed E-state index contributed by atoms with van der Waals surface area (Å²) in [5.41, 5.74) is 0.862. The van der Waals surface area contributed by atoms with Gasteiger partial charge in [0.1, 0.15) is 47.6 Å². The van der Waals surface area contributed by atoms with Crippen LogP contribution >= 0.6 is 0 Å². The summed E-state index contributed by atoms with van der Waals surface area (Å²) < 4.78 is 36.8. The summed E-state index contributed by atoms with van der Waals surface area (Å²) in [4.78, 5) is 21.1. The van der Waals surface area contributed by atoms with Crippen molar-refractivity contribution in [1.82, 2.24) is 29.6 Å². The SMILES string of the molecule is CNS(=O)(=O)O[C@@H]1C[C@@H](Nc2ncncc2C(=O)c2ccn(Cc3cc(C)on3)n2)[C@H](O)[C@H]1O. The molecule has 1 saturated carbocycles. The summed E-state index contributed by atoms with van der Waals surface area (Å²) in [7, 11) is -2.92. The van der Waals surface area contributed by atoms with Crippen LogP contribution in [-0.4, -0.2) is 80.7 Å². The third kappa shape index (κ3) is 5.13. The van der Waals surface area contributed by atoms with Crippen LogP contribution in [0.1, 0.15) is 33.9 Å². The summed E-state index contributed by atoms with van der Waals surface area (Å²) in [5.74, 6) is 0.276. The van der Waals surface area contributed by atoms with Crippen molar-refractivity contribution in [2.75, 3.05) is 12.4 Å². The van der Waals surface area contributed by atoms with Gasteiger partial charge in [0.15, 0.2) is 0 Å². The fourth-order valence-electron chi connectivity index (χ4n) is 3.59. The molecule has 0 saturated heterocycles. The van der Waals surface area contributed by atoms with E-state index < -0.39 is 40.4 Å². The van der Waals surface area contributed by atoms with Crippen molar-refractivity contribution in [2.45, 2.75) is 44.2 Å². The van der Waals surface area contributed by atoms with Gasteiger partial charge in [-0.05, 0) is 13.0 Å². The minimum Gasteiger partial charge on any atom is -0.388 e. The average Bonchev–Trinajstić information content (AvgIpc) is 3.51. The number of ketones is 1. The van der Waals surface area contributed by atoms with E-state index in [1.54, 1.807) is 19.2 Å². The van der Waals surface area contributed by atoms with Crippen LogP contribution in [0.3, 0.4) is 0 Å². The van der Waals surface area contributed by atoms with Crippen molar-refractivity contribution in [2.24, 2.45) is 0 Å². The highest BCUT2D eigenvalue weighted by Gasteiger charge is 2.44. The molecule has 34 heavy (non-hydrogen) atoms. The molecule has 182 valence electrons. The molecular formula is C19H23N7O7S. The maximum atomic E-state index is 13.1. The molecule has 0 amide bonds. The lowest BCUT2D eigenvalue weighted by molar-refractivity contribution is -0.00882. The molecule has 1 aliphatic rings. The van der Waals surface area contributed by atoms with Gasteiger partial charge in [0.2, 0.25) is 5.78 Å². The van der Waals surface area contributed by atoms with Crippen LogP contribution in [0.5, 0.6) is 0 Å². The Labute approximate surface area is 194 Å². The number of rotatable bonds is 9. The van der Waals surface area contributed by atoms with E-state index >= 15 is 0 Å². The fourth-order valence-corrected chi connectivity index (χ4v) is 4.21. The lowest BCUT2D eigenvalue weighted by Gasteiger charge is -2.19. The van der Waals surface area contributed by atoms with E-state index in [1.807, 2.05) is 4.72 Å². The Morgan fingerprint density at radius 1 is 1.35 bits per heavy atom. The molecular weight excluding hydrogens is 470 g/mol. The van der Waals surface area contributed by atoms with E-state index in [4.69, 9.17) is 8.71 Å². The fraction of sp³-hybridized carbons (Fsp3) is 0.421. The number of aromatic nitrogens is 5. The Balaban J connectivity index is 1.49. The van der Waals surface area contributed by atoms with E-state index in [0.29, 0.717) is 18.0 Å². The minimum atomic E-state index is -4.08. The van der Waals surface area contributed by atoms with Gasteiger partial charge in [0, 0.05) is 31.9 Å². The van der Waals surface area contributed by atoms with Crippen molar-refractivity contribution in [3.05, 3.63) is 53.6 Å². The number of aliphatic hydroxyl groups is 2. The van der Waals surface area contributed by atoms with E-state index in [-0.39, 0.29) is 23.5 Å². The third-order valence-corrected chi connectivity index (χ3v) is 6.28. The Bertz CT molecular complexity index is 1280. The highest BCUT2D eigenvalue weighted by molar-refractivity contribution is 7.84. The number of anilines is 1. The quantitative estimate of drug-likeness (QED) is 0.266. The Morgan fingerprint density at radius 3 is 2.85 bits per heavy atom. The first-order chi connectivity index (χ1) is 16.2. The van der Waals surface area contributed by atoms with Gasteiger partial charge in [-0.25, -0.2) is 9.97 Å². The molecule has 0 aliphatic heterocycles. The third-order valence-electron chi connectivity index (χ3n) is 5.28. The van der Waals surface area contributed by atoms with Crippen molar-refractivity contribution >= 4 is 21.9 Å². The minimum absolute atomic E-state index is 0.0629. The second-order valence-corrected chi connectivity index (χ2v) is 9.21. The number of carbonyl (C=O) groups excluding carboxylic acids is 1. The predicted molar refractivity (Wildman–Crippen MR) is 115 cm³/mol. The zero-order valence-corrected chi connectivity index (χ0v) is 19.0. The number of aryl methyl sites for hydroxylation is 1. The van der Waals surface area contributed by atoms with Gasteiger partial charge < -0.3 is 20.1 Å². The Hall–Kier alpha value is -3.24. The second kappa shape index (κ2) is 9.55. The number of nitrogens with one attached hydrogen (secondary N) is 2. The summed E-state index contributed by atoms with van der Waals surface area (Å²) in [6.45, 7) is 2.08. The zero-order valence-electron chi connectivity index (χ0n) is 18.2. The number of hydrogen-bond acceptors (Lipinski definition) is 12. The van der Waals surface area contributed by atoms with Crippen LogP contribution in [0.15, 0.2) is 35.4 Å². The topological polar surface area (TPSA) is 195 Å². The van der Waals surface area contributed by atoms with E-state index in [1.165, 1.54) is 23.3 Å². The van der Waals surface area contributed by atoms with E-state index in [9.17, 15) is 23.4 Å². The van der Waals surface area contributed by atoms with Crippen LogP contribution in [-0.2, 0) is 21.0 Å². The standard InChI is InChI=1S/C19H23N7O7S/c1-10-5-11(25-32-10)8-26-4-3-13(24-26)16(27)12-7-21-9-22-19(12)23-14-6-15(18(29)17(14)28)33-34(30,31)20-2/h3-5,7,9,14-15,17-18,20,28-29H,6,8H2,1-2H3,(H,21,22,23)/t14-,15-,17+,18+/m1/s1. The van der Waals surface area contributed by atoms with Crippen molar-refractivity contribution in [3.8, 4) is 0 Å². The molecule has 0 aromatic carbocycles. The first kappa shape index (κ1) is 23.9. The first-order valence-electron chi connectivity index (χ1n) is 10.2. The number of hydrogen-bond donors (Lipinski definition) is 4. The first-order valence-corrected chi connectivity index (χ1v) is 11.6. The zero-order chi connectivity index (χ0) is 24.5. The van der Waals surface area contributed by atoms with E-state index in [0.717, 1.165) is 7.05 Å². The van der Waals surface area contributed by atoms with Gasteiger partial charge >= 0.3 is 10.3 Å². The maximum Gasteiger partial charge on any atom is 0.335 e. The number of carbonyl (C=O) groups is 1. The predicted octanol–water partition coefficient (Wildman–Crippen LogP) is -0.996. The Kier molecular flexibility index (Phi) is 6.72. The summed E-state index contributed by atoms with van der Waals surface area (Å²) in [6.07, 6.45) is 0.0259. The number of aliphatic hydroxyl groups excluding tert-OH is 2. The average molecular weight is 494 g/mol. The maximum absolute atomic E-state index is 13.1. The molecule has 3 aromatic rings. The van der Waals surface area contributed by atoms with E-state index in [2.05, 4.69) is 25.5 Å². The van der Waals surface area contributed by atoms with Gasteiger partial charge in [-0.15, -0.1) is 0 Å². The van der Waals surface area contributed by atoms with Gasteiger partial charge in [-0.3, -0.25) is 13.7 Å². The molecule has 1 aliphatic carbocycles. The highest BCUT2D eigenvalue weighted by Crippen LogP contribution is 2.28. The summed E-state index contributed by atoms with van der Waals surface area (Å²) >= 11 is 0. The largest absolute Gasteiger partial charge is 0.388 e. The van der Waals surface area contributed by atoms with Crippen molar-refractivity contribution < 1.29 is 32.1 Å². The molecule has 0 radical (unpaired) electrons. The second-order valence-electron chi connectivity index (χ2n) is 7.70. The normalized spacial score (nSPS) is 22.7. The van der Waals surface area contributed by atoms with Crippen LogP contribution in [0.2, 0.25) is 0 Å². The van der Waals surface area contributed by atoms with Crippen LogP contribution in [0.4, 0.5) is 5.82 Å². The van der Waals surface area contributed by atoms with Gasteiger partial charge in [0.25, 0.3) is 0 Å². The van der Waals surface area contributed by atoms with Gasteiger partial charge in [-0.1, -0.05) is 5.16 Å². The lowest BCUT2D eigenvalue weighted by Crippen LogP contribution is -2.38.